The molecular weight excluding hydrogens is 238 g/mol. The number of amides is 1. The van der Waals surface area contributed by atoms with Gasteiger partial charge in [0.2, 0.25) is 5.91 Å². The normalized spacial score (nSPS) is 17.5. The monoisotopic (exact) mass is 257 g/mol. The van der Waals surface area contributed by atoms with Crippen LogP contribution in [0.25, 0.3) is 0 Å². The van der Waals surface area contributed by atoms with Gasteiger partial charge >= 0.3 is 11.9 Å². The van der Waals surface area contributed by atoms with E-state index in [-0.39, 0.29) is 18.2 Å². The third-order valence-corrected chi connectivity index (χ3v) is 2.94. The first-order valence-electron chi connectivity index (χ1n) is 5.95. The van der Waals surface area contributed by atoms with E-state index in [9.17, 15) is 14.4 Å². The van der Waals surface area contributed by atoms with Gasteiger partial charge in [0.1, 0.15) is 6.04 Å². The zero-order valence-electron chi connectivity index (χ0n) is 10.9. The summed E-state index contributed by atoms with van der Waals surface area (Å²) < 4.78 is 9.21. The molecule has 1 amide bonds. The lowest BCUT2D eigenvalue weighted by atomic mass is 10.0. The third-order valence-electron chi connectivity index (χ3n) is 2.94. The van der Waals surface area contributed by atoms with E-state index in [1.807, 2.05) is 0 Å². The van der Waals surface area contributed by atoms with Gasteiger partial charge in [-0.15, -0.1) is 0 Å². The summed E-state index contributed by atoms with van der Waals surface area (Å²) in [6.07, 6.45) is 1.89. The average Bonchev–Trinajstić information content (AvgIpc) is 3.19. The quantitative estimate of drug-likeness (QED) is 0.690. The third kappa shape index (κ3) is 4.01. The Labute approximate surface area is 106 Å². The highest BCUT2D eigenvalue weighted by atomic mass is 16.5. The molecule has 1 saturated carbocycles. The first-order chi connectivity index (χ1) is 8.49. The molecule has 6 heteroatoms. The summed E-state index contributed by atoms with van der Waals surface area (Å²) in [7, 11) is 2.54. The lowest BCUT2D eigenvalue weighted by Gasteiger charge is -2.19. The molecule has 0 spiro atoms. The number of hydrogen-bond acceptors (Lipinski definition) is 5. The van der Waals surface area contributed by atoms with Gasteiger partial charge in [-0.2, -0.15) is 0 Å². The van der Waals surface area contributed by atoms with Crippen LogP contribution in [0, 0.1) is 11.8 Å². The summed E-state index contributed by atoms with van der Waals surface area (Å²) in [5.74, 6) is -1.57. The smallest absolute Gasteiger partial charge is 0.328 e. The Morgan fingerprint density at radius 2 is 1.72 bits per heavy atom. The number of ether oxygens (including phenoxy) is 2. The van der Waals surface area contributed by atoms with E-state index in [0.717, 1.165) is 12.8 Å². The molecule has 1 aliphatic rings. The Morgan fingerprint density at radius 1 is 1.17 bits per heavy atom. The first kappa shape index (κ1) is 14.5. The number of methoxy groups -OCH3 is 2. The molecular formula is C12H19NO5. The largest absolute Gasteiger partial charge is 0.469 e. The second-order valence-corrected chi connectivity index (χ2v) is 4.52. The molecule has 2 atom stereocenters. The summed E-state index contributed by atoms with van der Waals surface area (Å²) >= 11 is 0. The number of nitrogens with one attached hydrogen (secondary N) is 1. The molecule has 1 rings (SSSR count). The molecule has 18 heavy (non-hydrogen) atoms. The van der Waals surface area contributed by atoms with E-state index in [4.69, 9.17) is 0 Å². The van der Waals surface area contributed by atoms with Gasteiger partial charge in [0.25, 0.3) is 0 Å². The van der Waals surface area contributed by atoms with Crippen molar-refractivity contribution < 1.29 is 23.9 Å². The fraction of sp³-hybridized carbons (Fsp3) is 0.750. The van der Waals surface area contributed by atoms with Crippen LogP contribution >= 0.6 is 0 Å². The van der Waals surface area contributed by atoms with Gasteiger partial charge < -0.3 is 14.8 Å². The van der Waals surface area contributed by atoms with Gasteiger partial charge in [0, 0.05) is 5.92 Å². The van der Waals surface area contributed by atoms with E-state index in [1.165, 1.54) is 14.2 Å². The topological polar surface area (TPSA) is 81.7 Å². The number of hydrogen-bond donors (Lipinski definition) is 1. The van der Waals surface area contributed by atoms with Crippen molar-refractivity contribution in [2.24, 2.45) is 11.8 Å². The molecule has 1 N–H and O–H groups in total. The van der Waals surface area contributed by atoms with Crippen LogP contribution in [0.15, 0.2) is 0 Å². The summed E-state index contributed by atoms with van der Waals surface area (Å²) in [6.45, 7) is 1.64. The summed E-state index contributed by atoms with van der Waals surface area (Å²) in [6, 6.07) is -0.794. The zero-order valence-corrected chi connectivity index (χ0v) is 10.9. The maximum atomic E-state index is 11.6. The standard InChI is InChI=1S/C12H19NO5/c1-7(11(15)17-2)6-9(12(16)18-3)13-10(14)8-4-5-8/h7-9H,4-6H2,1-3H3,(H,13,14)/t7-,9-/m0/s1. The van der Waals surface area contributed by atoms with Crippen LogP contribution in [0.2, 0.25) is 0 Å². The highest BCUT2D eigenvalue weighted by molar-refractivity contribution is 5.87. The van der Waals surface area contributed by atoms with Crippen molar-refractivity contribution in [3.05, 3.63) is 0 Å². The van der Waals surface area contributed by atoms with Crippen LogP contribution in [0.1, 0.15) is 26.2 Å². The molecule has 0 radical (unpaired) electrons. The molecule has 0 aromatic rings. The van der Waals surface area contributed by atoms with E-state index in [2.05, 4.69) is 14.8 Å². The maximum absolute atomic E-state index is 11.6. The number of esters is 2. The van der Waals surface area contributed by atoms with Gasteiger partial charge in [0.15, 0.2) is 0 Å². The van der Waals surface area contributed by atoms with Crippen molar-refractivity contribution in [2.75, 3.05) is 14.2 Å². The molecule has 0 aromatic carbocycles. The molecule has 0 heterocycles. The average molecular weight is 257 g/mol. The maximum Gasteiger partial charge on any atom is 0.328 e. The molecule has 6 nitrogen and oxygen atoms in total. The summed E-state index contributed by atoms with van der Waals surface area (Å²) in [4.78, 5) is 34.5. The first-order valence-corrected chi connectivity index (χ1v) is 5.95. The van der Waals surface area contributed by atoms with Crippen LogP contribution in [-0.2, 0) is 23.9 Å². The van der Waals surface area contributed by atoms with E-state index >= 15 is 0 Å². The van der Waals surface area contributed by atoms with Crippen LogP contribution in [0.3, 0.4) is 0 Å². The van der Waals surface area contributed by atoms with E-state index < -0.39 is 23.9 Å². The van der Waals surface area contributed by atoms with Gasteiger partial charge in [-0.1, -0.05) is 6.92 Å². The number of rotatable bonds is 6. The van der Waals surface area contributed by atoms with Crippen LogP contribution < -0.4 is 5.32 Å². The van der Waals surface area contributed by atoms with Crippen LogP contribution in [-0.4, -0.2) is 38.1 Å². The van der Waals surface area contributed by atoms with Crippen molar-refractivity contribution in [3.63, 3.8) is 0 Å². The highest BCUT2D eigenvalue weighted by Crippen LogP contribution is 2.29. The second-order valence-electron chi connectivity index (χ2n) is 4.52. The minimum atomic E-state index is -0.794. The Balaban J connectivity index is 2.57. The lowest BCUT2D eigenvalue weighted by molar-refractivity contribution is -0.149. The zero-order chi connectivity index (χ0) is 13.7. The van der Waals surface area contributed by atoms with Gasteiger partial charge in [-0.3, -0.25) is 9.59 Å². The summed E-state index contributed by atoms with van der Waals surface area (Å²) in [5.41, 5.74) is 0. The highest BCUT2D eigenvalue weighted by Gasteiger charge is 2.34. The predicted octanol–water partition coefficient (Wildman–Crippen LogP) is 0.253. The van der Waals surface area contributed by atoms with Crippen molar-refractivity contribution in [1.29, 1.82) is 0 Å². The SMILES string of the molecule is COC(=O)[C@H](C[C@H](C)C(=O)OC)NC(=O)C1CC1. The van der Waals surface area contributed by atoms with Crippen molar-refractivity contribution in [3.8, 4) is 0 Å². The van der Waals surface area contributed by atoms with Gasteiger partial charge in [-0.25, -0.2) is 4.79 Å². The Morgan fingerprint density at radius 3 is 2.17 bits per heavy atom. The van der Waals surface area contributed by atoms with Crippen molar-refractivity contribution in [2.45, 2.75) is 32.2 Å². The van der Waals surface area contributed by atoms with Crippen LogP contribution in [0.5, 0.6) is 0 Å². The molecule has 0 aromatic heterocycles. The van der Waals surface area contributed by atoms with Gasteiger partial charge in [-0.05, 0) is 19.3 Å². The summed E-state index contributed by atoms with van der Waals surface area (Å²) in [5, 5.41) is 2.62. The van der Waals surface area contributed by atoms with Crippen molar-refractivity contribution in [1.82, 2.24) is 5.32 Å². The fourth-order valence-electron chi connectivity index (χ4n) is 1.64. The van der Waals surface area contributed by atoms with E-state index in [0.29, 0.717) is 0 Å². The molecule has 1 fully saturated rings. The molecule has 0 bridgehead atoms. The predicted molar refractivity (Wildman–Crippen MR) is 62.5 cm³/mol. The molecule has 0 aliphatic heterocycles. The molecule has 102 valence electrons. The van der Waals surface area contributed by atoms with Crippen molar-refractivity contribution >= 4 is 17.8 Å². The van der Waals surface area contributed by atoms with Gasteiger partial charge in [0.05, 0.1) is 20.1 Å². The number of carbonyl (C=O) groups excluding carboxylic acids is 3. The molecule has 0 saturated heterocycles. The minimum Gasteiger partial charge on any atom is -0.469 e. The lowest BCUT2D eigenvalue weighted by Crippen LogP contribution is -2.44. The second kappa shape index (κ2) is 6.37. The Bertz CT molecular complexity index is 337. The van der Waals surface area contributed by atoms with E-state index in [1.54, 1.807) is 6.92 Å². The Kier molecular flexibility index (Phi) is 5.12. The molecule has 1 aliphatic carbocycles. The minimum absolute atomic E-state index is 0.00517. The number of carbonyl (C=O) groups is 3. The Hall–Kier alpha value is -1.59. The van der Waals surface area contributed by atoms with Crippen LogP contribution in [0.4, 0.5) is 0 Å². The fourth-order valence-corrected chi connectivity index (χ4v) is 1.64. The molecule has 0 unspecified atom stereocenters.